The standard InChI is InChI=1S/C21H26N2O4/c1-20(2)14-9-10-21(20,3)16(11-14)27-18(25)13-22-12-17(24)23(19(22)26)15-7-5-4-6-8-15/h4-8,14,16H,9-13H2,1-3H3/t14-,16+,21+/m0/s1. The molecule has 3 aliphatic rings. The number of benzene rings is 1. The van der Waals surface area contributed by atoms with Gasteiger partial charge in [-0.05, 0) is 42.7 Å². The molecule has 4 rings (SSSR count). The molecule has 1 aliphatic heterocycles. The van der Waals surface area contributed by atoms with E-state index in [2.05, 4.69) is 20.8 Å². The number of esters is 1. The van der Waals surface area contributed by atoms with Gasteiger partial charge in [-0.1, -0.05) is 39.0 Å². The Hall–Kier alpha value is -2.37. The molecule has 144 valence electrons. The van der Waals surface area contributed by atoms with Gasteiger partial charge in [0.2, 0.25) is 0 Å². The number of carbonyl (C=O) groups excluding carboxylic acids is 3. The average molecular weight is 370 g/mol. The van der Waals surface area contributed by atoms with Crippen LogP contribution in [-0.4, -0.2) is 42.0 Å². The summed E-state index contributed by atoms with van der Waals surface area (Å²) in [5.41, 5.74) is 0.654. The number of rotatable bonds is 4. The SMILES string of the molecule is CC1(C)[C@H]2CC[C@]1(C)[C@H](OC(=O)CN1CC(=O)N(c3ccccc3)C1=O)C2. The van der Waals surface area contributed by atoms with Crippen molar-refractivity contribution < 1.29 is 19.1 Å². The highest BCUT2D eigenvalue weighted by Gasteiger charge is 2.62. The summed E-state index contributed by atoms with van der Waals surface area (Å²) in [4.78, 5) is 39.8. The number of carbonyl (C=O) groups is 3. The van der Waals surface area contributed by atoms with Crippen molar-refractivity contribution in [3.05, 3.63) is 30.3 Å². The first-order valence-electron chi connectivity index (χ1n) is 9.60. The Morgan fingerprint density at radius 3 is 2.48 bits per heavy atom. The van der Waals surface area contributed by atoms with Gasteiger partial charge in [0.25, 0.3) is 5.91 Å². The molecular formula is C21H26N2O4. The summed E-state index contributed by atoms with van der Waals surface area (Å²) in [7, 11) is 0. The molecule has 1 heterocycles. The maximum Gasteiger partial charge on any atom is 0.332 e. The fraction of sp³-hybridized carbons (Fsp3) is 0.571. The van der Waals surface area contributed by atoms with E-state index in [0.29, 0.717) is 11.6 Å². The molecular weight excluding hydrogens is 344 g/mol. The minimum Gasteiger partial charge on any atom is -0.460 e. The molecule has 3 atom stereocenters. The van der Waals surface area contributed by atoms with E-state index in [-0.39, 0.29) is 35.9 Å². The van der Waals surface area contributed by atoms with Gasteiger partial charge in [-0.3, -0.25) is 9.59 Å². The molecule has 1 aromatic rings. The number of hydrogen-bond acceptors (Lipinski definition) is 4. The van der Waals surface area contributed by atoms with Gasteiger partial charge in [-0.2, -0.15) is 0 Å². The summed E-state index contributed by atoms with van der Waals surface area (Å²) in [5.74, 6) is -0.184. The monoisotopic (exact) mass is 370 g/mol. The third-order valence-electron chi connectivity index (χ3n) is 7.36. The van der Waals surface area contributed by atoms with Crippen LogP contribution in [-0.2, 0) is 14.3 Å². The molecule has 2 saturated carbocycles. The molecule has 3 amide bonds. The Labute approximate surface area is 159 Å². The number of nitrogens with zero attached hydrogens (tertiary/aromatic N) is 2. The third-order valence-corrected chi connectivity index (χ3v) is 7.36. The lowest BCUT2D eigenvalue weighted by atomic mass is 9.70. The van der Waals surface area contributed by atoms with Gasteiger partial charge in [-0.15, -0.1) is 0 Å². The van der Waals surface area contributed by atoms with E-state index in [0.717, 1.165) is 17.7 Å². The van der Waals surface area contributed by atoms with Gasteiger partial charge in [0.1, 0.15) is 19.2 Å². The van der Waals surface area contributed by atoms with E-state index < -0.39 is 12.0 Å². The van der Waals surface area contributed by atoms with Gasteiger partial charge in [0, 0.05) is 5.41 Å². The van der Waals surface area contributed by atoms with Crippen LogP contribution < -0.4 is 4.90 Å². The Morgan fingerprint density at radius 2 is 1.89 bits per heavy atom. The number of fused-ring (bicyclic) bond motifs is 2. The smallest absolute Gasteiger partial charge is 0.332 e. The first-order valence-corrected chi connectivity index (χ1v) is 9.60. The zero-order valence-electron chi connectivity index (χ0n) is 16.1. The zero-order valence-corrected chi connectivity index (χ0v) is 16.1. The second-order valence-electron chi connectivity index (χ2n) is 8.79. The number of ether oxygens (including phenoxy) is 1. The molecule has 1 aromatic carbocycles. The predicted octanol–water partition coefficient (Wildman–Crippen LogP) is 3.21. The molecule has 0 spiro atoms. The molecule has 27 heavy (non-hydrogen) atoms. The maximum atomic E-state index is 12.6. The Bertz CT molecular complexity index is 791. The summed E-state index contributed by atoms with van der Waals surface area (Å²) in [6, 6.07) is 8.30. The molecule has 6 heteroatoms. The molecule has 2 aliphatic carbocycles. The number of hydrogen-bond donors (Lipinski definition) is 0. The largest absolute Gasteiger partial charge is 0.460 e. The van der Waals surface area contributed by atoms with Crippen molar-refractivity contribution in [2.24, 2.45) is 16.7 Å². The average Bonchev–Trinajstić information content (AvgIpc) is 3.09. The van der Waals surface area contributed by atoms with Crippen molar-refractivity contribution in [1.29, 1.82) is 0 Å². The fourth-order valence-electron chi connectivity index (χ4n) is 5.16. The van der Waals surface area contributed by atoms with E-state index in [9.17, 15) is 14.4 Å². The van der Waals surface area contributed by atoms with Crippen LogP contribution in [0.25, 0.3) is 0 Å². The maximum absolute atomic E-state index is 12.6. The summed E-state index contributed by atoms with van der Waals surface area (Å²) < 4.78 is 5.81. The lowest BCUT2D eigenvalue weighted by Crippen LogP contribution is -2.41. The van der Waals surface area contributed by atoms with E-state index in [1.807, 2.05) is 6.07 Å². The Kier molecular flexibility index (Phi) is 4.05. The molecule has 3 fully saturated rings. The van der Waals surface area contributed by atoms with Crippen LogP contribution in [0.1, 0.15) is 40.0 Å². The number of urea groups is 1. The Balaban J connectivity index is 1.41. The highest BCUT2D eigenvalue weighted by atomic mass is 16.5. The van der Waals surface area contributed by atoms with Crippen molar-refractivity contribution in [2.45, 2.75) is 46.1 Å². The minimum absolute atomic E-state index is 0.0196. The highest BCUT2D eigenvalue weighted by molar-refractivity contribution is 6.20. The van der Waals surface area contributed by atoms with E-state index in [1.54, 1.807) is 24.3 Å². The van der Waals surface area contributed by atoms with E-state index >= 15 is 0 Å². The van der Waals surface area contributed by atoms with Crippen molar-refractivity contribution in [3.8, 4) is 0 Å². The first-order chi connectivity index (χ1) is 12.7. The van der Waals surface area contributed by atoms with Crippen molar-refractivity contribution in [2.75, 3.05) is 18.0 Å². The van der Waals surface area contributed by atoms with Gasteiger partial charge in [0.15, 0.2) is 0 Å². The third kappa shape index (κ3) is 2.65. The summed E-state index contributed by atoms with van der Waals surface area (Å²) in [6.45, 7) is 6.45. The second-order valence-corrected chi connectivity index (χ2v) is 8.79. The fourth-order valence-corrected chi connectivity index (χ4v) is 5.16. The summed E-state index contributed by atoms with van der Waals surface area (Å²) >= 11 is 0. The minimum atomic E-state index is -0.470. The van der Waals surface area contributed by atoms with Gasteiger partial charge < -0.3 is 9.64 Å². The van der Waals surface area contributed by atoms with Gasteiger partial charge >= 0.3 is 12.0 Å². The molecule has 2 bridgehead atoms. The number of para-hydroxylation sites is 1. The molecule has 0 radical (unpaired) electrons. The van der Waals surface area contributed by atoms with Gasteiger partial charge in [-0.25, -0.2) is 9.69 Å². The zero-order chi connectivity index (χ0) is 19.4. The van der Waals surface area contributed by atoms with Crippen LogP contribution in [0.4, 0.5) is 10.5 Å². The van der Waals surface area contributed by atoms with Crippen LogP contribution in [0.2, 0.25) is 0 Å². The van der Waals surface area contributed by atoms with Crippen LogP contribution in [0.15, 0.2) is 30.3 Å². The van der Waals surface area contributed by atoms with Gasteiger partial charge in [0.05, 0.1) is 5.69 Å². The topological polar surface area (TPSA) is 66.9 Å². The summed E-state index contributed by atoms with van der Waals surface area (Å²) in [5, 5.41) is 0. The van der Waals surface area contributed by atoms with E-state index in [1.165, 1.54) is 11.3 Å². The first kappa shape index (κ1) is 18.0. The van der Waals surface area contributed by atoms with Crippen molar-refractivity contribution >= 4 is 23.6 Å². The number of anilines is 1. The second kappa shape index (κ2) is 6.08. The van der Waals surface area contributed by atoms with Crippen LogP contribution in [0.3, 0.4) is 0 Å². The Morgan fingerprint density at radius 1 is 1.19 bits per heavy atom. The molecule has 6 nitrogen and oxygen atoms in total. The lowest BCUT2D eigenvalue weighted by molar-refractivity contribution is -0.157. The number of amides is 3. The molecule has 0 N–H and O–H groups in total. The van der Waals surface area contributed by atoms with Crippen molar-refractivity contribution in [3.63, 3.8) is 0 Å². The lowest BCUT2D eigenvalue weighted by Gasteiger charge is -2.38. The van der Waals surface area contributed by atoms with Crippen molar-refractivity contribution in [1.82, 2.24) is 4.90 Å². The predicted molar refractivity (Wildman–Crippen MR) is 100 cm³/mol. The summed E-state index contributed by atoms with van der Waals surface area (Å²) in [6.07, 6.45) is 3.02. The van der Waals surface area contributed by atoms with Crippen LogP contribution in [0.5, 0.6) is 0 Å². The van der Waals surface area contributed by atoms with E-state index in [4.69, 9.17) is 4.74 Å². The number of imide groups is 1. The molecule has 0 unspecified atom stereocenters. The highest BCUT2D eigenvalue weighted by Crippen LogP contribution is 2.66. The quantitative estimate of drug-likeness (QED) is 0.603. The molecule has 0 aromatic heterocycles. The normalized spacial score (nSPS) is 31.7. The van der Waals surface area contributed by atoms with Crippen LogP contribution >= 0.6 is 0 Å². The molecule has 1 saturated heterocycles. The van der Waals surface area contributed by atoms with Crippen LogP contribution in [0, 0.1) is 16.7 Å².